The molecule has 2 heterocycles. The predicted octanol–water partition coefficient (Wildman–Crippen LogP) is 5.76. The second kappa shape index (κ2) is 12.0. The maximum atomic E-state index is 13.8. The van der Waals surface area contributed by atoms with E-state index in [1.165, 1.54) is 39.9 Å². The lowest BCUT2D eigenvalue weighted by Crippen LogP contribution is -2.31. The molecule has 5 rings (SSSR count). The van der Waals surface area contributed by atoms with Gasteiger partial charge in [0.05, 0.1) is 34.0 Å². The van der Waals surface area contributed by atoms with Gasteiger partial charge in [0.15, 0.2) is 5.13 Å². The largest absolute Gasteiger partial charge is 0.494 e. The summed E-state index contributed by atoms with van der Waals surface area (Å²) >= 11 is 1.38. The summed E-state index contributed by atoms with van der Waals surface area (Å²) < 4.78 is 34.2. The number of benzene rings is 3. The Morgan fingerprint density at radius 1 is 0.925 bits per heavy atom. The van der Waals surface area contributed by atoms with Crippen LogP contribution < -0.4 is 9.64 Å². The van der Waals surface area contributed by atoms with Crippen LogP contribution in [0.2, 0.25) is 0 Å². The smallest absolute Gasteiger partial charge is 0.260 e. The van der Waals surface area contributed by atoms with Gasteiger partial charge in [-0.05, 0) is 67.1 Å². The lowest BCUT2D eigenvalue weighted by molar-refractivity contribution is 0.0984. The van der Waals surface area contributed by atoms with Crippen molar-refractivity contribution in [1.82, 2.24) is 14.3 Å². The number of fused-ring (bicyclic) bond motifs is 1. The average Bonchev–Trinajstić information content (AvgIpc) is 3.40. The van der Waals surface area contributed by atoms with Crippen LogP contribution in [0.1, 0.15) is 28.5 Å². The quantitative estimate of drug-likeness (QED) is 0.211. The van der Waals surface area contributed by atoms with Crippen molar-refractivity contribution >= 4 is 42.6 Å². The van der Waals surface area contributed by atoms with Crippen molar-refractivity contribution in [2.45, 2.75) is 24.9 Å². The number of aromatic nitrogens is 2. The van der Waals surface area contributed by atoms with E-state index >= 15 is 0 Å². The van der Waals surface area contributed by atoms with Crippen molar-refractivity contribution < 1.29 is 17.9 Å². The molecular weight excluding hydrogens is 544 g/mol. The lowest BCUT2D eigenvalue weighted by Gasteiger charge is -2.20. The zero-order valence-corrected chi connectivity index (χ0v) is 23.7. The van der Waals surface area contributed by atoms with Gasteiger partial charge in [-0.2, -0.15) is 4.31 Å². The van der Waals surface area contributed by atoms with E-state index < -0.39 is 10.0 Å². The van der Waals surface area contributed by atoms with Gasteiger partial charge in [-0.3, -0.25) is 14.7 Å². The van der Waals surface area contributed by atoms with Crippen LogP contribution in [0.15, 0.2) is 102 Å². The highest BCUT2D eigenvalue weighted by Gasteiger charge is 2.25. The molecule has 0 unspecified atom stereocenters. The van der Waals surface area contributed by atoms with Crippen molar-refractivity contribution in [1.29, 1.82) is 0 Å². The standard InChI is InChI=1S/C30H28N4O4S2/c1-3-38-25-14-17-27-28(19-25)39-30(32-27)34(21-24-11-7-8-18-31-24)29(35)23-12-15-26(16-13-23)40(36,37)33(2)20-22-9-5-4-6-10-22/h4-19H,3,20-21H2,1-2H3. The van der Waals surface area contributed by atoms with Gasteiger partial charge in [0.2, 0.25) is 10.0 Å². The van der Waals surface area contributed by atoms with E-state index in [-0.39, 0.29) is 23.9 Å². The number of carbonyl (C=O) groups excluding carboxylic acids is 1. The molecule has 2 aromatic heterocycles. The van der Waals surface area contributed by atoms with Gasteiger partial charge in [-0.15, -0.1) is 0 Å². The third kappa shape index (κ3) is 6.04. The zero-order valence-electron chi connectivity index (χ0n) is 22.1. The van der Waals surface area contributed by atoms with Crippen molar-refractivity contribution in [2.75, 3.05) is 18.6 Å². The van der Waals surface area contributed by atoms with Crippen molar-refractivity contribution in [3.8, 4) is 5.75 Å². The topological polar surface area (TPSA) is 92.7 Å². The molecule has 0 bridgehead atoms. The highest BCUT2D eigenvalue weighted by molar-refractivity contribution is 7.89. The number of thiazole rings is 1. The highest BCUT2D eigenvalue weighted by atomic mass is 32.2. The Morgan fingerprint density at radius 2 is 1.68 bits per heavy atom. The van der Waals surface area contributed by atoms with Gasteiger partial charge < -0.3 is 4.74 Å². The Kier molecular flexibility index (Phi) is 8.20. The molecule has 0 fully saturated rings. The first-order chi connectivity index (χ1) is 19.3. The van der Waals surface area contributed by atoms with E-state index in [2.05, 4.69) is 4.98 Å². The van der Waals surface area contributed by atoms with Gasteiger partial charge in [0.1, 0.15) is 5.75 Å². The Balaban J connectivity index is 1.43. The van der Waals surface area contributed by atoms with Crippen LogP contribution in [0.4, 0.5) is 5.13 Å². The highest BCUT2D eigenvalue weighted by Crippen LogP contribution is 2.33. The van der Waals surface area contributed by atoms with Crippen LogP contribution in [-0.4, -0.2) is 42.3 Å². The second-order valence-electron chi connectivity index (χ2n) is 9.04. The first-order valence-electron chi connectivity index (χ1n) is 12.7. The molecule has 5 aromatic rings. The first kappa shape index (κ1) is 27.4. The second-order valence-corrected chi connectivity index (χ2v) is 12.1. The maximum Gasteiger partial charge on any atom is 0.260 e. The number of sulfonamides is 1. The van der Waals surface area contributed by atoms with Crippen LogP contribution >= 0.6 is 11.3 Å². The molecule has 0 saturated heterocycles. The van der Waals surface area contributed by atoms with Crippen LogP contribution in [0.3, 0.4) is 0 Å². The monoisotopic (exact) mass is 572 g/mol. The molecule has 0 aliphatic heterocycles. The molecule has 8 nitrogen and oxygen atoms in total. The molecule has 40 heavy (non-hydrogen) atoms. The van der Waals surface area contributed by atoms with Gasteiger partial charge in [-0.25, -0.2) is 13.4 Å². The molecular formula is C30H28N4O4S2. The first-order valence-corrected chi connectivity index (χ1v) is 15.0. The third-order valence-corrected chi connectivity index (χ3v) is 9.10. The molecule has 0 aliphatic carbocycles. The minimum absolute atomic E-state index is 0.113. The Morgan fingerprint density at radius 3 is 2.38 bits per heavy atom. The summed E-state index contributed by atoms with van der Waals surface area (Å²) in [4.78, 5) is 24.6. The number of amides is 1. The molecule has 0 radical (unpaired) electrons. The molecule has 10 heteroatoms. The van der Waals surface area contributed by atoms with Gasteiger partial charge in [0.25, 0.3) is 5.91 Å². The van der Waals surface area contributed by atoms with Crippen LogP contribution in [0.25, 0.3) is 10.2 Å². The van der Waals surface area contributed by atoms with E-state index in [1.807, 2.05) is 73.7 Å². The summed E-state index contributed by atoms with van der Waals surface area (Å²) in [5, 5.41) is 0.513. The number of ether oxygens (including phenoxy) is 1. The number of pyridine rings is 1. The Hall–Kier alpha value is -4.12. The Labute approximate surface area is 237 Å². The fourth-order valence-corrected chi connectivity index (χ4v) is 6.33. The van der Waals surface area contributed by atoms with E-state index in [1.54, 1.807) is 18.1 Å². The van der Waals surface area contributed by atoms with Gasteiger partial charge in [0, 0.05) is 25.4 Å². The summed E-state index contributed by atoms with van der Waals surface area (Å²) in [5.74, 6) is 0.429. The molecule has 0 N–H and O–H groups in total. The Bertz CT molecular complexity index is 1710. The number of hydrogen-bond acceptors (Lipinski definition) is 7. The van der Waals surface area contributed by atoms with Gasteiger partial charge in [-0.1, -0.05) is 47.7 Å². The van der Waals surface area contributed by atoms with Crippen LogP contribution in [0.5, 0.6) is 5.75 Å². The molecule has 3 aromatic carbocycles. The van der Waals surface area contributed by atoms with Crippen LogP contribution in [-0.2, 0) is 23.1 Å². The zero-order chi connectivity index (χ0) is 28.1. The average molecular weight is 573 g/mol. The number of anilines is 1. The van der Waals surface area contributed by atoms with Gasteiger partial charge >= 0.3 is 0 Å². The minimum atomic E-state index is -3.75. The van der Waals surface area contributed by atoms with E-state index in [4.69, 9.17) is 9.72 Å². The molecule has 204 valence electrons. The number of hydrogen-bond donors (Lipinski definition) is 0. The normalized spacial score (nSPS) is 11.6. The summed E-state index contributed by atoms with van der Waals surface area (Å²) in [6, 6.07) is 26.6. The predicted molar refractivity (Wildman–Crippen MR) is 157 cm³/mol. The number of nitrogens with zero attached hydrogens (tertiary/aromatic N) is 4. The van der Waals surface area contributed by atoms with Crippen molar-refractivity contribution in [3.05, 3.63) is 114 Å². The molecule has 0 saturated carbocycles. The summed E-state index contributed by atoms with van der Waals surface area (Å²) in [5.41, 5.74) is 2.68. The molecule has 0 aliphatic rings. The SMILES string of the molecule is CCOc1ccc2nc(N(Cc3ccccn3)C(=O)c3ccc(S(=O)(=O)N(C)Cc4ccccc4)cc3)sc2c1. The van der Waals surface area contributed by atoms with E-state index in [0.29, 0.717) is 23.0 Å². The molecule has 0 spiro atoms. The maximum absolute atomic E-state index is 13.8. The fraction of sp³-hybridized carbons (Fsp3) is 0.167. The number of carbonyl (C=O) groups is 1. The number of rotatable bonds is 10. The molecule has 1 amide bonds. The summed E-state index contributed by atoms with van der Waals surface area (Å²) in [6.07, 6.45) is 1.68. The lowest BCUT2D eigenvalue weighted by atomic mass is 10.2. The van der Waals surface area contributed by atoms with E-state index in [9.17, 15) is 13.2 Å². The summed E-state index contributed by atoms with van der Waals surface area (Å²) in [6.45, 7) is 2.92. The van der Waals surface area contributed by atoms with Crippen LogP contribution in [0, 0.1) is 0 Å². The van der Waals surface area contributed by atoms with Crippen molar-refractivity contribution in [3.63, 3.8) is 0 Å². The third-order valence-electron chi connectivity index (χ3n) is 6.24. The summed E-state index contributed by atoms with van der Waals surface area (Å²) in [7, 11) is -2.21. The fourth-order valence-electron chi connectivity index (χ4n) is 4.18. The minimum Gasteiger partial charge on any atom is -0.494 e. The van der Waals surface area contributed by atoms with E-state index in [0.717, 1.165) is 21.5 Å². The van der Waals surface area contributed by atoms with Crippen molar-refractivity contribution in [2.24, 2.45) is 0 Å². The molecule has 0 atom stereocenters.